The Bertz CT molecular complexity index is 1020. The molecule has 0 spiro atoms. The third-order valence-electron chi connectivity index (χ3n) is 4.75. The SMILES string of the molecule is CS(=O)(=O)c1cccc(N(CC2CCCC2)C(=O)Nc2ncc(SCC(=O)O)s2)c1. The highest BCUT2D eigenvalue weighted by atomic mass is 32.2. The fourth-order valence-electron chi connectivity index (χ4n) is 3.31. The number of rotatable bonds is 8. The van der Waals surface area contributed by atoms with E-state index in [0.29, 0.717) is 27.5 Å². The van der Waals surface area contributed by atoms with Crippen LogP contribution in [0.4, 0.5) is 15.6 Å². The topological polar surface area (TPSA) is 117 Å². The molecule has 162 valence electrons. The van der Waals surface area contributed by atoms with Gasteiger partial charge in [0.05, 0.1) is 21.1 Å². The van der Waals surface area contributed by atoms with Gasteiger partial charge < -0.3 is 5.11 Å². The largest absolute Gasteiger partial charge is 0.481 e. The Kier molecular flexibility index (Phi) is 7.37. The highest BCUT2D eigenvalue weighted by Crippen LogP contribution is 2.31. The van der Waals surface area contributed by atoms with Crippen molar-refractivity contribution in [3.8, 4) is 0 Å². The van der Waals surface area contributed by atoms with E-state index >= 15 is 0 Å². The smallest absolute Gasteiger partial charge is 0.328 e. The first kappa shape index (κ1) is 22.6. The molecule has 8 nitrogen and oxygen atoms in total. The number of carbonyl (C=O) groups excluding carboxylic acids is 1. The summed E-state index contributed by atoms with van der Waals surface area (Å²) in [6, 6.07) is 5.98. The van der Waals surface area contributed by atoms with E-state index in [1.165, 1.54) is 29.7 Å². The van der Waals surface area contributed by atoms with E-state index in [1.807, 2.05) is 0 Å². The van der Waals surface area contributed by atoms with Crippen LogP contribution in [0.2, 0.25) is 0 Å². The molecule has 30 heavy (non-hydrogen) atoms. The van der Waals surface area contributed by atoms with Crippen molar-refractivity contribution < 1.29 is 23.1 Å². The van der Waals surface area contributed by atoms with E-state index in [0.717, 1.165) is 43.7 Å². The van der Waals surface area contributed by atoms with E-state index in [-0.39, 0.29) is 10.6 Å². The van der Waals surface area contributed by atoms with Crippen LogP contribution < -0.4 is 10.2 Å². The molecule has 1 saturated carbocycles. The maximum absolute atomic E-state index is 13.1. The predicted octanol–water partition coefficient (Wildman–Crippen LogP) is 3.95. The number of thioether (sulfide) groups is 1. The lowest BCUT2D eigenvalue weighted by molar-refractivity contribution is -0.133. The number of nitrogens with one attached hydrogen (secondary N) is 1. The number of aliphatic carboxylic acids is 1. The Labute approximate surface area is 183 Å². The first-order valence-electron chi connectivity index (χ1n) is 9.41. The first-order chi connectivity index (χ1) is 14.2. The van der Waals surface area contributed by atoms with Gasteiger partial charge >= 0.3 is 12.0 Å². The molecule has 11 heteroatoms. The van der Waals surface area contributed by atoms with Gasteiger partial charge in [0.1, 0.15) is 0 Å². The van der Waals surface area contributed by atoms with Crippen molar-refractivity contribution in [2.45, 2.75) is 34.8 Å². The summed E-state index contributed by atoms with van der Waals surface area (Å²) >= 11 is 2.34. The number of amides is 2. The standard InChI is InChI=1S/C19H23N3O5S3/c1-30(26,27)15-8-4-7-14(9-15)22(11-13-5-2-3-6-13)19(25)21-18-20-10-17(29-18)28-12-16(23)24/h4,7-10,13H,2-3,5-6,11-12H2,1H3,(H,23,24)(H,20,21,25). The summed E-state index contributed by atoms with van der Waals surface area (Å²) in [7, 11) is -3.40. The molecule has 3 rings (SSSR count). The van der Waals surface area contributed by atoms with Gasteiger partial charge in [-0.05, 0) is 37.0 Å². The van der Waals surface area contributed by atoms with Crippen LogP contribution in [0.15, 0.2) is 39.6 Å². The molecule has 2 aromatic rings. The van der Waals surface area contributed by atoms with Crippen LogP contribution in [-0.2, 0) is 14.6 Å². The molecule has 0 radical (unpaired) electrons. The Morgan fingerprint density at radius 3 is 2.73 bits per heavy atom. The Morgan fingerprint density at radius 1 is 1.33 bits per heavy atom. The number of hydrogen-bond donors (Lipinski definition) is 2. The number of carboxylic acids is 1. The zero-order valence-electron chi connectivity index (χ0n) is 16.4. The minimum Gasteiger partial charge on any atom is -0.481 e. The van der Waals surface area contributed by atoms with Crippen molar-refractivity contribution in [3.05, 3.63) is 30.5 Å². The number of nitrogens with zero attached hydrogens (tertiary/aromatic N) is 2. The molecule has 2 amide bonds. The van der Waals surface area contributed by atoms with Crippen molar-refractivity contribution in [1.29, 1.82) is 0 Å². The van der Waals surface area contributed by atoms with Gasteiger partial charge in [0.2, 0.25) is 0 Å². The molecule has 1 aromatic carbocycles. The van der Waals surface area contributed by atoms with E-state index in [4.69, 9.17) is 5.11 Å². The molecule has 2 N–H and O–H groups in total. The summed E-state index contributed by atoms with van der Waals surface area (Å²) < 4.78 is 24.6. The summed E-state index contributed by atoms with van der Waals surface area (Å²) in [4.78, 5) is 29.7. The minimum absolute atomic E-state index is 0.0817. The van der Waals surface area contributed by atoms with Gasteiger partial charge in [0.25, 0.3) is 0 Å². The first-order valence-corrected chi connectivity index (χ1v) is 13.1. The van der Waals surface area contributed by atoms with E-state index in [9.17, 15) is 18.0 Å². The van der Waals surface area contributed by atoms with Gasteiger partial charge in [-0.3, -0.25) is 15.0 Å². The fraction of sp³-hybridized carbons (Fsp3) is 0.421. The number of hydrogen-bond acceptors (Lipinski definition) is 7. The molecule has 1 aliphatic carbocycles. The number of sulfone groups is 1. The monoisotopic (exact) mass is 469 g/mol. The molecule has 0 aliphatic heterocycles. The van der Waals surface area contributed by atoms with Crippen LogP contribution in [0.1, 0.15) is 25.7 Å². The molecule has 0 unspecified atom stereocenters. The van der Waals surface area contributed by atoms with Gasteiger partial charge in [0.15, 0.2) is 15.0 Å². The molecule has 0 atom stereocenters. The Balaban J connectivity index is 1.80. The number of carbonyl (C=O) groups is 2. The second kappa shape index (κ2) is 9.80. The van der Waals surface area contributed by atoms with Gasteiger partial charge in [0, 0.05) is 18.5 Å². The molecule has 0 saturated heterocycles. The van der Waals surface area contributed by atoms with Crippen LogP contribution in [0.3, 0.4) is 0 Å². The number of thiazole rings is 1. The number of anilines is 2. The summed E-state index contributed by atoms with van der Waals surface area (Å²) in [6.45, 7) is 0.491. The van der Waals surface area contributed by atoms with Crippen LogP contribution in [0, 0.1) is 5.92 Å². The van der Waals surface area contributed by atoms with Gasteiger partial charge in [-0.1, -0.05) is 30.2 Å². The summed E-state index contributed by atoms with van der Waals surface area (Å²) in [6.07, 6.45) is 6.98. The van der Waals surface area contributed by atoms with Gasteiger partial charge in [-0.15, -0.1) is 11.8 Å². The fourth-order valence-corrected chi connectivity index (χ4v) is 5.56. The maximum Gasteiger partial charge on any atom is 0.328 e. The van der Waals surface area contributed by atoms with E-state index in [1.54, 1.807) is 17.0 Å². The molecule has 1 fully saturated rings. The van der Waals surface area contributed by atoms with Crippen LogP contribution in [0.5, 0.6) is 0 Å². The van der Waals surface area contributed by atoms with Crippen LogP contribution in [-0.4, -0.2) is 49.1 Å². The molecular formula is C19H23N3O5S3. The normalized spacial score (nSPS) is 14.6. The van der Waals surface area contributed by atoms with Crippen molar-refractivity contribution in [3.63, 3.8) is 0 Å². The highest BCUT2D eigenvalue weighted by molar-refractivity contribution is 8.01. The van der Waals surface area contributed by atoms with E-state index < -0.39 is 21.8 Å². The lowest BCUT2D eigenvalue weighted by atomic mass is 10.1. The lowest BCUT2D eigenvalue weighted by Crippen LogP contribution is -2.38. The van der Waals surface area contributed by atoms with Crippen LogP contribution >= 0.6 is 23.1 Å². The molecule has 0 bridgehead atoms. The third-order valence-corrected chi connectivity index (χ3v) is 7.96. The quantitative estimate of drug-likeness (QED) is 0.562. The second-order valence-electron chi connectivity index (χ2n) is 7.13. The maximum atomic E-state index is 13.1. The Hall–Kier alpha value is -2.11. The van der Waals surface area contributed by atoms with Crippen molar-refractivity contribution in [2.75, 3.05) is 28.8 Å². The van der Waals surface area contributed by atoms with Gasteiger partial charge in [-0.2, -0.15) is 0 Å². The number of aromatic nitrogens is 1. The molecule has 1 aliphatic rings. The second-order valence-corrected chi connectivity index (χ2v) is 11.4. The zero-order chi connectivity index (χ0) is 21.7. The lowest BCUT2D eigenvalue weighted by Gasteiger charge is -2.26. The zero-order valence-corrected chi connectivity index (χ0v) is 18.9. The predicted molar refractivity (Wildman–Crippen MR) is 118 cm³/mol. The average Bonchev–Trinajstić information content (AvgIpc) is 3.35. The highest BCUT2D eigenvalue weighted by Gasteiger charge is 2.25. The number of urea groups is 1. The summed E-state index contributed by atoms with van der Waals surface area (Å²) in [5.41, 5.74) is 0.513. The summed E-state index contributed by atoms with van der Waals surface area (Å²) in [5, 5.41) is 11.9. The van der Waals surface area contributed by atoms with Crippen molar-refractivity contribution in [2.24, 2.45) is 5.92 Å². The average molecular weight is 470 g/mol. The van der Waals surface area contributed by atoms with Crippen molar-refractivity contribution in [1.82, 2.24) is 4.98 Å². The van der Waals surface area contributed by atoms with Crippen molar-refractivity contribution >= 4 is 55.8 Å². The summed E-state index contributed by atoms with van der Waals surface area (Å²) in [5.74, 6) is -0.648. The molecule has 1 heterocycles. The van der Waals surface area contributed by atoms with Crippen LogP contribution in [0.25, 0.3) is 0 Å². The van der Waals surface area contributed by atoms with E-state index in [2.05, 4.69) is 10.3 Å². The number of benzene rings is 1. The Morgan fingerprint density at radius 2 is 2.07 bits per heavy atom. The molecular weight excluding hydrogens is 446 g/mol. The third kappa shape index (κ3) is 6.19. The minimum atomic E-state index is -3.40. The number of carboxylic acid groups (broad SMARTS) is 1. The van der Waals surface area contributed by atoms with Gasteiger partial charge in [-0.25, -0.2) is 18.2 Å². The molecule has 1 aromatic heterocycles.